The molecule has 2 aromatic carbocycles. The standard InChI is InChI=1S/C15H11ClN4O/c16-11-6-10(7-12(17)8-11)15(21)14-9-18-19-20(14)13-4-2-1-3-5-13/h1-9H,17H2. The van der Waals surface area contributed by atoms with Crippen LogP contribution in [0.15, 0.2) is 54.7 Å². The fourth-order valence-electron chi connectivity index (χ4n) is 2.04. The van der Waals surface area contributed by atoms with Crippen molar-refractivity contribution in [1.82, 2.24) is 15.0 Å². The summed E-state index contributed by atoms with van der Waals surface area (Å²) in [6.07, 6.45) is 1.42. The van der Waals surface area contributed by atoms with E-state index in [1.165, 1.54) is 10.9 Å². The Balaban J connectivity index is 2.06. The number of para-hydroxylation sites is 1. The molecular formula is C15H11ClN4O. The van der Waals surface area contributed by atoms with Gasteiger partial charge in [0.15, 0.2) is 0 Å². The molecule has 0 fully saturated rings. The molecular weight excluding hydrogens is 288 g/mol. The molecule has 0 aliphatic carbocycles. The Morgan fingerprint density at radius 2 is 1.90 bits per heavy atom. The lowest BCUT2D eigenvalue weighted by atomic mass is 10.1. The Hall–Kier alpha value is -2.66. The van der Waals surface area contributed by atoms with E-state index in [-0.39, 0.29) is 5.78 Å². The van der Waals surface area contributed by atoms with Crippen molar-refractivity contribution in [1.29, 1.82) is 0 Å². The van der Waals surface area contributed by atoms with Gasteiger partial charge in [-0.05, 0) is 30.3 Å². The van der Waals surface area contributed by atoms with Crippen LogP contribution in [0, 0.1) is 0 Å². The van der Waals surface area contributed by atoms with Gasteiger partial charge in [-0.25, -0.2) is 4.68 Å². The van der Waals surface area contributed by atoms with Crippen LogP contribution < -0.4 is 5.73 Å². The number of rotatable bonds is 3. The van der Waals surface area contributed by atoms with Gasteiger partial charge in [-0.15, -0.1) is 5.10 Å². The number of nitrogens with two attached hydrogens (primary N) is 1. The summed E-state index contributed by atoms with van der Waals surface area (Å²) >= 11 is 5.94. The van der Waals surface area contributed by atoms with Gasteiger partial charge >= 0.3 is 0 Å². The van der Waals surface area contributed by atoms with Crippen LogP contribution in [0.3, 0.4) is 0 Å². The molecule has 6 heteroatoms. The van der Waals surface area contributed by atoms with Crippen molar-refractivity contribution in [3.05, 3.63) is 71.0 Å². The lowest BCUT2D eigenvalue weighted by molar-refractivity contribution is 0.103. The minimum atomic E-state index is -0.238. The quantitative estimate of drug-likeness (QED) is 0.596. The number of nitrogens with zero attached hydrogens (tertiary/aromatic N) is 3. The number of hydrogen-bond acceptors (Lipinski definition) is 4. The van der Waals surface area contributed by atoms with Gasteiger partial charge in [-0.3, -0.25) is 4.79 Å². The van der Waals surface area contributed by atoms with Gasteiger partial charge in [0.25, 0.3) is 0 Å². The van der Waals surface area contributed by atoms with Crippen LogP contribution in [0.5, 0.6) is 0 Å². The first kappa shape index (κ1) is 13.3. The van der Waals surface area contributed by atoms with Crippen molar-refractivity contribution in [2.75, 3.05) is 5.73 Å². The van der Waals surface area contributed by atoms with Crippen LogP contribution in [-0.2, 0) is 0 Å². The number of nitrogen functional groups attached to an aromatic ring is 1. The van der Waals surface area contributed by atoms with E-state index in [2.05, 4.69) is 10.3 Å². The highest BCUT2D eigenvalue weighted by atomic mass is 35.5. The molecule has 0 bridgehead atoms. The van der Waals surface area contributed by atoms with Crippen molar-refractivity contribution in [3.8, 4) is 5.69 Å². The molecule has 0 aliphatic rings. The molecule has 0 atom stereocenters. The van der Waals surface area contributed by atoms with Crippen LogP contribution in [0.2, 0.25) is 5.02 Å². The Labute approximate surface area is 126 Å². The Bertz CT molecular complexity index is 778. The highest BCUT2D eigenvalue weighted by Crippen LogP contribution is 2.20. The zero-order valence-electron chi connectivity index (χ0n) is 10.9. The van der Waals surface area contributed by atoms with E-state index in [4.69, 9.17) is 17.3 Å². The molecule has 0 saturated heterocycles. The average molecular weight is 299 g/mol. The number of carbonyl (C=O) groups is 1. The molecule has 0 saturated carbocycles. The van der Waals surface area contributed by atoms with E-state index in [0.29, 0.717) is 22.0 Å². The van der Waals surface area contributed by atoms with Crippen LogP contribution in [0.1, 0.15) is 16.1 Å². The first-order valence-electron chi connectivity index (χ1n) is 6.22. The lowest BCUT2D eigenvalue weighted by Crippen LogP contribution is -2.10. The van der Waals surface area contributed by atoms with Crippen molar-refractivity contribution in [3.63, 3.8) is 0 Å². The monoisotopic (exact) mass is 298 g/mol. The summed E-state index contributed by atoms with van der Waals surface area (Å²) < 4.78 is 1.49. The molecule has 104 valence electrons. The number of halogens is 1. The molecule has 3 aromatic rings. The van der Waals surface area contributed by atoms with Crippen LogP contribution >= 0.6 is 11.6 Å². The van der Waals surface area contributed by atoms with E-state index >= 15 is 0 Å². The molecule has 5 nitrogen and oxygen atoms in total. The number of ketones is 1. The van der Waals surface area contributed by atoms with E-state index in [0.717, 1.165) is 5.69 Å². The number of hydrogen-bond donors (Lipinski definition) is 1. The highest BCUT2D eigenvalue weighted by molar-refractivity contribution is 6.31. The summed E-state index contributed by atoms with van der Waals surface area (Å²) in [5.74, 6) is -0.238. The summed E-state index contributed by atoms with van der Waals surface area (Å²) in [5, 5.41) is 8.19. The third kappa shape index (κ3) is 2.64. The van der Waals surface area contributed by atoms with E-state index in [9.17, 15) is 4.79 Å². The molecule has 0 unspecified atom stereocenters. The maximum Gasteiger partial charge on any atom is 0.213 e. The first-order chi connectivity index (χ1) is 10.1. The first-order valence-corrected chi connectivity index (χ1v) is 6.60. The lowest BCUT2D eigenvalue weighted by Gasteiger charge is -2.06. The Morgan fingerprint density at radius 1 is 1.14 bits per heavy atom. The molecule has 0 aliphatic heterocycles. The molecule has 0 amide bonds. The highest BCUT2D eigenvalue weighted by Gasteiger charge is 2.17. The number of anilines is 1. The predicted molar refractivity (Wildman–Crippen MR) is 80.7 cm³/mol. The summed E-state index contributed by atoms with van der Waals surface area (Å²) in [4.78, 5) is 12.6. The summed E-state index contributed by atoms with van der Waals surface area (Å²) in [6.45, 7) is 0. The smallest absolute Gasteiger partial charge is 0.213 e. The van der Waals surface area contributed by atoms with Crippen LogP contribution in [0.25, 0.3) is 5.69 Å². The number of aromatic nitrogens is 3. The molecule has 0 spiro atoms. The van der Waals surface area contributed by atoms with Gasteiger partial charge < -0.3 is 5.73 Å². The second-order valence-electron chi connectivity index (χ2n) is 4.47. The van der Waals surface area contributed by atoms with Gasteiger partial charge in [-0.2, -0.15) is 0 Å². The second kappa shape index (κ2) is 5.38. The van der Waals surface area contributed by atoms with Gasteiger partial charge in [0.05, 0.1) is 11.9 Å². The number of carbonyl (C=O) groups excluding carboxylic acids is 1. The summed E-state index contributed by atoms with van der Waals surface area (Å²) in [6, 6.07) is 14.0. The van der Waals surface area contributed by atoms with Crippen LogP contribution in [-0.4, -0.2) is 20.8 Å². The van der Waals surface area contributed by atoms with Gasteiger partial charge in [0, 0.05) is 16.3 Å². The molecule has 0 radical (unpaired) electrons. The van der Waals surface area contributed by atoms with Crippen molar-refractivity contribution in [2.24, 2.45) is 0 Å². The molecule has 21 heavy (non-hydrogen) atoms. The van der Waals surface area contributed by atoms with Crippen molar-refractivity contribution >= 4 is 23.1 Å². The fourth-order valence-corrected chi connectivity index (χ4v) is 2.28. The minimum absolute atomic E-state index is 0.238. The van der Waals surface area contributed by atoms with E-state index < -0.39 is 0 Å². The largest absolute Gasteiger partial charge is 0.399 e. The zero-order chi connectivity index (χ0) is 14.8. The van der Waals surface area contributed by atoms with Gasteiger partial charge in [0.2, 0.25) is 5.78 Å². The Kier molecular flexibility index (Phi) is 3.41. The van der Waals surface area contributed by atoms with E-state index in [1.54, 1.807) is 18.2 Å². The molecule has 1 aromatic heterocycles. The molecule has 2 N–H and O–H groups in total. The normalized spacial score (nSPS) is 10.5. The van der Waals surface area contributed by atoms with Crippen LogP contribution in [0.4, 0.5) is 5.69 Å². The second-order valence-corrected chi connectivity index (χ2v) is 4.91. The Morgan fingerprint density at radius 3 is 2.62 bits per heavy atom. The SMILES string of the molecule is Nc1cc(Cl)cc(C(=O)c2cnnn2-c2ccccc2)c1. The fraction of sp³-hybridized carbons (Fsp3) is 0. The summed E-state index contributed by atoms with van der Waals surface area (Å²) in [5.41, 5.74) is 7.67. The van der Waals surface area contributed by atoms with Gasteiger partial charge in [0.1, 0.15) is 5.69 Å². The third-order valence-corrected chi connectivity index (χ3v) is 3.18. The zero-order valence-corrected chi connectivity index (χ0v) is 11.7. The molecule has 3 rings (SSSR count). The topological polar surface area (TPSA) is 73.8 Å². The summed E-state index contributed by atoms with van der Waals surface area (Å²) in [7, 11) is 0. The maximum absolute atomic E-state index is 12.6. The van der Waals surface area contributed by atoms with E-state index in [1.807, 2.05) is 30.3 Å². The molecule has 1 heterocycles. The number of benzene rings is 2. The van der Waals surface area contributed by atoms with Crippen molar-refractivity contribution in [2.45, 2.75) is 0 Å². The average Bonchev–Trinajstić information content (AvgIpc) is 2.95. The van der Waals surface area contributed by atoms with Gasteiger partial charge in [-0.1, -0.05) is 35.0 Å². The maximum atomic E-state index is 12.6. The minimum Gasteiger partial charge on any atom is -0.399 e. The van der Waals surface area contributed by atoms with Crippen molar-refractivity contribution < 1.29 is 4.79 Å². The third-order valence-electron chi connectivity index (χ3n) is 2.96. The predicted octanol–water partition coefficient (Wildman–Crippen LogP) is 2.73.